The molecule has 9 heteroatoms. The number of benzene rings is 3. The molecule has 0 saturated carbocycles. The highest BCUT2D eigenvalue weighted by atomic mass is 35.5. The summed E-state index contributed by atoms with van der Waals surface area (Å²) >= 11 is 11.7. The predicted octanol–water partition coefficient (Wildman–Crippen LogP) is 4.80. The van der Waals surface area contributed by atoms with Gasteiger partial charge in [0.15, 0.2) is 0 Å². The van der Waals surface area contributed by atoms with E-state index in [2.05, 4.69) is 15.8 Å². The molecule has 0 heterocycles. The van der Waals surface area contributed by atoms with Gasteiger partial charge in [-0.1, -0.05) is 41.4 Å². The van der Waals surface area contributed by atoms with Gasteiger partial charge in [0.05, 0.1) is 11.2 Å². The van der Waals surface area contributed by atoms with Crippen molar-refractivity contribution < 1.29 is 18.7 Å². The maximum Gasteiger partial charge on any atom is 0.329 e. The summed E-state index contributed by atoms with van der Waals surface area (Å²) in [5, 5.41) is 6.50. The Balaban J connectivity index is 1.48. The van der Waals surface area contributed by atoms with Crippen LogP contribution in [0.5, 0.6) is 5.75 Å². The number of halogens is 3. The lowest BCUT2D eigenvalue weighted by molar-refractivity contribution is -0.136. The Labute approximate surface area is 187 Å². The lowest BCUT2D eigenvalue weighted by Gasteiger charge is -2.07. The average molecular weight is 460 g/mol. The van der Waals surface area contributed by atoms with E-state index < -0.39 is 17.6 Å². The molecule has 0 aliphatic carbocycles. The van der Waals surface area contributed by atoms with Crippen molar-refractivity contribution in [2.24, 2.45) is 5.10 Å². The molecule has 0 aromatic heterocycles. The fraction of sp³-hybridized carbons (Fsp3) is 0.0455. The summed E-state index contributed by atoms with van der Waals surface area (Å²) < 4.78 is 18.8. The third-order valence-electron chi connectivity index (χ3n) is 4.00. The molecule has 2 N–H and O–H groups in total. The molecule has 0 unspecified atom stereocenters. The third-order valence-corrected chi connectivity index (χ3v) is 4.65. The monoisotopic (exact) mass is 459 g/mol. The van der Waals surface area contributed by atoms with E-state index >= 15 is 0 Å². The van der Waals surface area contributed by atoms with Crippen LogP contribution < -0.4 is 15.5 Å². The second kappa shape index (κ2) is 10.6. The van der Waals surface area contributed by atoms with E-state index in [1.54, 1.807) is 30.3 Å². The number of carbonyl (C=O) groups is 2. The number of hydrogen-bond donors (Lipinski definition) is 2. The molecule has 6 nitrogen and oxygen atoms in total. The lowest BCUT2D eigenvalue weighted by Crippen LogP contribution is -2.32. The Kier molecular flexibility index (Phi) is 7.59. The predicted molar refractivity (Wildman–Crippen MR) is 118 cm³/mol. The lowest BCUT2D eigenvalue weighted by atomic mass is 10.2. The summed E-state index contributed by atoms with van der Waals surface area (Å²) in [6.45, 7) is 0.331. The Morgan fingerprint density at radius 1 is 0.968 bits per heavy atom. The van der Waals surface area contributed by atoms with E-state index in [1.807, 2.05) is 18.2 Å². The minimum absolute atomic E-state index is 0.171. The molecule has 3 aromatic carbocycles. The number of rotatable bonds is 6. The van der Waals surface area contributed by atoms with Crippen molar-refractivity contribution in [2.45, 2.75) is 6.61 Å². The van der Waals surface area contributed by atoms with Crippen molar-refractivity contribution >= 4 is 46.9 Å². The maximum absolute atomic E-state index is 13.1. The number of amides is 2. The van der Waals surface area contributed by atoms with Gasteiger partial charge in [-0.25, -0.2) is 9.82 Å². The largest absolute Gasteiger partial charge is 0.489 e. The molecule has 31 heavy (non-hydrogen) atoms. The van der Waals surface area contributed by atoms with Crippen LogP contribution in [0.25, 0.3) is 0 Å². The van der Waals surface area contributed by atoms with Crippen LogP contribution in [-0.4, -0.2) is 18.0 Å². The Bertz CT molecular complexity index is 1120. The molecule has 0 bridgehead atoms. The standard InChI is InChI=1S/C22H16Cl2FN3O3/c23-18-4-2-1-3-15(18)13-31-17-8-5-14(6-9-17)12-26-28-22(30)21(29)27-16-7-10-20(25)19(24)11-16/h1-12H,13H2,(H,27,29)(H,28,30)/b26-12+. The van der Waals surface area contributed by atoms with E-state index in [1.165, 1.54) is 18.3 Å². The zero-order chi connectivity index (χ0) is 22.2. The first kappa shape index (κ1) is 22.3. The van der Waals surface area contributed by atoms with E-state index in [0.29, 0.717) is 22.9 Å². The molecule has 3 aromatic rings. The van der Waals surface area contributed by atoms with Crippen molar-refractivity contribution in [2.75, 3.05) is 5.32 Å². The van der Waals surface area contributed by atoms with Gasteiger partial charge in [-0.2, -0.15) is 5.10 Å². The topological polar surface area (TPSA) is 79.8 Å². The third kappa shape index (κ3) is 6.53. The molecule has 0 aliphatic heterocycles. The average Bonchev–Trinajstić information content (AvgIpc) is 2.76. The van der Waals surface area contributed by atoms with Crippen molar-refractivity contribution in [1.82, 2.24) is 5.43 Å². The van der Waals surface area contributed by atoms with Crippen LogP contribution in [0.3, 0.4) is 0 Å². The van der Waals surface area contributed by atoms with E-state index in [0.717, 1.165) is 11.6 Å². The van der Waals surface area contributed by atoms with Gasteiger partial charge in [0.1, 0.15) is 18.2 Å². The van der Waals surface area contributed by atoms with Crippen molar-refractivity contribution in [3.63, 3.8) is 0 Å². The van der Waals surface area contributed by atoms with Gasteiger partial charge in [0.2, 0.25) is 0 Å². The molecular weight excluding hydrogens is 444 g/mol. The molecule has 158 valence electrons. The Morgan fingerprint density at radius 2 is 1.71 bits per heavy atom. The summed E-state index contributed by atoms with van der Waals surface area (Å²) in [6, 6.07) is 17.9. The molecule has 0 fully saturated rings. The molecule has 0 aliphatic rings. The second-order valence-corrected chi connectivity index (χ2v) is 7.05. The van der Waals surface area contributed by atoms with Gasteiger partial charge in [-0.3, -0.25) is 9.59 Å². The minimum Gasteiger partial charge on any atom is -0.489 e. The van der Waals surface area contributed by atoms with Crippen LogP contribution in [0.2, 0.25) is 10.0 Å². The number of carbonyl (C=O) groups excluding carboxylic acids is 2. The number of nitrogens with one attached hydrogen (secondary N) is 2. The molecular formula is C22H16Cl2FN3O3. The quantitative estimate of drug-likeness (QED) is 0.315. The van der Waals surface area contributed by atoms with E-state index in [9.17, 15) is 14.0 Å². The van der Waals surface area contributed by atoms with Crippen molar-refractivity contribution in [3.05, 3.63) is 93.7 Å². The first-order valence-corrected chi connectivity index (χ1v) is 9.73. The fourth-order valence-electron chi connectivity index (χ4n) is 2.40. The van der Waals surface area contributed by atoms with Crippen LogP contribution >= 0.6 is 23.2 Å². The number of hydrazone groups is 1. The zero-order valence-corrected chi connectivity index (χ0v) is 17.5. The first-order valence-electron chi connectivity index (χ1n) is 8.98. The van der Waals surface area contributed by atoms with Gasteiger partial charge in [0.25, 0.3) is 0 Å². The number of ether oxygens (including phenoxy) is 1. The van der Waals surface area contributed by atoms with Crippen LogP contribution in [0, 0.1) is 5.82 Å². The number of hydrogen-bond acceptors (Lipinski definition) is 4. The molecule has 0 spiro atoms. The number of anilines is 1. The fourth-order valence-corrected chi connectivity index (χ4v) is 2.78. The Hall–Kier alpha value is -3.42. The van der Waals surface area contributed by atoms with Crippen LogP contribution in [0.4, 0.5) is 10.1 Å². The second-order valence-electron chi connectivity index (χ2n) is 6.23. The van der Waals surface area contributed by atoms with Gasteiger partial charge >= 0.3 is 11.8 Å². The SMILES string of the molecule is O=C(N/N=C/c1ccc(OCc2ccccc2Cl)cc1)C(=O)Nc1ccc(F)c(Cl)c1. The maximum atomic E-state index is 13.1. The van der Waals surface area contributed by atoms with Crippen LogP contribution in [0.15, 0.2) is 71.8 Å². The highest BCUT2D eigenvalue weighted by Gasteiger charge is 2.13. The smallest absolute Gasteiger partial charge is 0.329 e. The molecule has 2 amide bonds. The highest BCUT2D eigenvalue weighted by molar-refractivity contribution is 6.39. The normalized spacial score (nSPS) is 10.7. The van der Waals surface area contributed by atoms with Gasteiger partial charge < -0.3 is 10.1 Å². The summed E-state index contributed by atoms with van der Waals surface area (Å²) in [7, 11) is 0. The summed E-state index contributed by atoms with van der Waals surface area (Å²) in [4.78, 5) is 23.7. The Morgan fingerprint density at radius 3 is 2.42 bits per heavy atom. The summed E-state index contributed by atoms with van der Waals surface area (Å²) in [6.07, 6.45) is 1.37. The van der Waals surface area contributed by atoms with E-state index in [-0.39, 0.29) is 10.7 Å². The first-order chi connectivity index (χ1) is 14.9. The minimum atomic E-state index is -0.989. The molecule has 0 atom stereocenters. The highest BCUT2D eigenvalue weighted by Crippen LogP contribution is 2.20. The van der Waals surface area contributed by atoms with Crippen molar-refractivity contribution in [1.29, 1.82) is 0 Å². The van der Waals surface area contributed by atoms with Gasteiger partial charge in [-0.15, -0.1) is 0 Å². The van der Waals surface area contributed by atoms with Crippen LogP contribution in [-0.2, 0) is 16.2 Å². The van der Waals surface area contributed by atoms with Gasteiger partial charge in [-0.05, 0) is 54.1 Å². The molecule has 0 saturated heterocycles. The molecule has 0 radical (unpaired) electrons. The van der Waals surface area contributed by atoms with E-state index in [4.69, 9.17) is 27.9 Å². The molecule has 3 rings (SSSR count). The zero-order valence-electron chi connectivity index (χ0n) is 15.9. The van der Waals surface area contributed by atoms with Crippen molar-refractivity contribution in [3.8, 4) is 5.75 Å². The summed E-state index contributed by atoms with van der Waals surface area (Å²) in [5.74, 6) is -1.95. The number of nitrogens with zero attached hydrogens (tertiary/aromatic N) is 1. The van der Waals surface area contributed by atoms with Crippen LogP contribution in [0.1, 0.15) is 11.1 Å². The summed E-state index contributed by atoms with van der Waals surface area (Å²) in [5.41, 5.74) is 3.84. The van der Waals surface area contributed by atoms with Gasteiger partial charge in [0, 0.05) is 16.3 Å².